The molecule has 2 aliphatic carbocycles. The molecular weight excluding hydrogens is 835 g/mol. The average molecular weight is 892 g/mol. The van der Waals surface area contributed by atoms with Crippen LogP contribution in [0.2, 0.25) is 0 Å². The van der Waals surface area contributed by atoms with Crippen LogP contribution in [0, 0.1) is 0 Å². The fourth-order valence-corrected chi connectivity index (χ4v) is 11.3. The molecule has 1 aromatic heterocycles. The Balaban J connectivity index is 1.07. The van der Waals surface area contributed by atoms with Crippen molar-refractivity contribution in [2.75, 3.05) is 4.90 Å². The van der Waals surface area contributed by atoms with Crippen LogP contribution in [0.4, 0.5) is 17.1 Å². The molecule has 0 saturated heterocycles. The standard InChI is InChI=1S/C67H41NO/c1-4-19-48-42(16-1)34-38-49(65(48)57-26-15-31-64-66(57)56-25-10-14-30-63(56)69-64)43-32-35-45(36-33-43)68(62-40-44-17-2-3-18-47(44)50-20-5-6-24-55(50)62)46-37-39-54-53-23-9-13-29-60(53)67(61(54)41-46)58-27-11-7-21-51(58)52-22-8-12-28-59(52)67/h1-41H/i1D,4D,10D,14D,15D,16D,19D,25D,26D,30D,31D,32D,34D,35D,36D,38D. The molecule has 2 nitrogen and oxygen atoms in total. The minimum atomic E-state index is -0.807. The largest absolute Gasteiger partial charge is 0.456 e. The molecule has 2 heteroatoms. The first-order chi connectivity index (χ1) is 40.9. The molecule has 1 heterocycles. The molecule has 0 atom stereocenters. The number of rotatable bonds is 5. The van der Waals surface area contributed by atoms with E-state index in [4.69, 9.17) is 16.8 Å². The van der Waals surface area contributed by atoms with Gasteiger partial charge in [-0.2, -0.15) is 0 Å². The van der Waals surface area contributed by atoms with Crippen molar-refractivity contribution in [3.63, 3.8) is 0 Å². The lowest BCUT2D eigenvalue weighted by Gasteiger charge is -2.32. The van der Waals surface area contributed by atoms with E-state index in [2.05, 4.69) is 48.5 Å². The van der Waals surface area contributed by atoms with Crippen molar-refractivity contribution in [2.24, 2.45) is 0 Å². The Morgan fingerprint density at radius 3 is 1.78 bits per heavy atom. The number of anilines is 3. The molecule has 0 bridgehead atoms. The van der Waals surface area contributed by atoms with Crippen LogP contribution in [0.1, 0.15) is 44.2 Å². The number of para-hydroxylation sites is 1. The number of furan rings is 1. The highest BCUT2D eigenvalue weighted by atomic mass is 16.3. The van der Waals surface area contributed by atoms with Crippen LogP contribution in [0.3, 0.4) is 0 Å². The number of hydrogen-bond donors (Lipinski definition) is 0. The molecule has 69 heavy (non-hydrogen) atoms. The highest BCUT2D eigenvalue weighted by Gasteiger charge is 2.51. The van der Waals surface area contributed by atoms with Gasteiger partial charge in [-0.1, -0.05) is 206 Å². The lowest BCUT2D eigenvalue weighted by Crippen LogP contribution is -2.26. The van der Waals surface area contributed by atoms with Crippen LogP contribution in [0.15, 0.2) is 253 Å². The van der Waals surface area contributed by atoms with Crippen LogP contribution >= 0.6 is 0 Å². The maximum absolute atomic E-state index is 10.4. The molecule has 0 N–H and O–H groups in total. The van der Waals surface area contributed by atoms with Crippen LogP contribution in [0.5, 0.6) is 0 Å². The summed E-state index contributed by atoms with van der Waals surface area (Å²) in [7, 11) is 0. The third-order valence-corrected chi connectivity index (χ3v) is 14.1. The molecule has 1 spiro atoms. The first kappa shape index (κ1) is 25.8. The summed E-state index contributed by atoms with van der Waals surface area (Å²) >= 11 is 0. The highest BCUT2D eigenvalue weighted by Crippen LogP contribution is 2.63. The van der Waals surface area contributed by atoms with Gasteiger partial charge in [0, 0.05) is 27.5 Å². The fraction of sp³-hybridized carbons (Fsp3) is 0.0149. The van der Waals surface area contributed by atoms with Gasteiger partial charge in [-0.15, -0.1) is 0 Å². The van der Waals surface area contributed by atoms with Crippen molar-refractivity contribution in [3.8, 4) is 44.5 Å². The van der Waals surface area contributed by atoms with Crippen LogP contribution in [-0.2, 0) is 5.41 Å². The Kier molecular flexibility index (Phi) is 5.43. The van der Waals surface area contributed by atoms with Crippen LogP contribution in [-0.4, -0.2) is 0 Å². The lowest BCUT2D eigenvalue weighted by molar-refractivity contribution is 0.669. The van der Waals surface area contributed by atoms with Gasteiger partial charge in [0.25, 0.3) is 0 Å². The van der Waals surface area contributed by atoms with Crippen molar-refractivity contribution in [2.45, 2.75) is 5.41 Å². The Morgan fingerprint density at radius 1 is 0.362 bits per heavy atom. The summed E-state index contributed by atoms with van der Waals surface area (Å²) in [5, 5.41) is 1.86. The number of nitrogens with zero attached hydrogens (tertiary/aromatic N) is 1. The van der Waals surface area contributed by atoms with Gasteiger partial charge in [0.05, 0.1) is 33.0 Å². The van der Waals surface area contributed by atoms with E-state index in [1.807, 2.05) is 102 Å². The molecule has 0 amide bonds. The predicted molar refractivity (Wildman–Crippen MR) is 288 cm³/mol. The van der Waals surface area contributed by atoms with Gasteiger partial charge in [-0.05, 0) is 136 Å². The summed E-state index contributed by atoms with van der Waals surface area (Å²) in [6.07, 6.45) is 0. The normalized spacial score (nSPS) is 16.3. The fourth-order valence-electron chi connectivity index (χ4n) is 11.3. The minimum absolute atomic E-state index is 0.0554. The van der Waals surface area contributed by atoms with Crippen molar-refractivity contribution in [1.82, 2.24) is 0 Å². The first-order valence-corrected chi connectivity index (χ1v) is 22.6. The average Bonchev–Trinajstić information content (AvgIpc) is 1.79. The molecular formula is C67H41NO. The topological polar surface area (TPSA) is 16.4 Å². The first-order valence-electron chi connectivity index (χ1n) is 30.6. The monoisotopic (exact) mass is 891 g/mol. The molecule has 320 valence electrons. The Bertz CT molecular complexity index is 5180. The van der Waals surface area contributed by atoms with Gasteiger partial charge in [0.1, 0.15) is 11.2 Å². The minimum Gasteiger partial charge on any atom is -0.456 e. The second-order valence-electron chi connectivity index (χ2n) is 17.4. The second-order valence-corrected chi connectivity index (χ2v) is 17.4. The quantitative estimate of drug-likeness (QED) is 0.160. The predicted octanol–water partition coefficient (Wildman–Crippen LogP) is 18.2. The van der Waals surface area contributed by atoms with E-state index in [0.29, 0.717) is 11.4 Å². The molecule has 13 aromatic rings. The molecule has 12 aromatic carbocycles. The number of fused-ring (bicyclic) bond motifs is 17. The van der Waals surface area contributed by atoms with E-state index in [1.165, 1.54) is 6.07 Å². The zero-order chi connectivity index (χ0) is 59.1. The van der Waals surface area contributed by atoms with Gasteiger partial charge < -0.3 is 9.32 Å². The van der Waals surface area contributed by atoms with Crippen molar-refractivity contribution >= 4 is 71.3 Å². The van der Waals surface area contributed by atoms with E-state index in [-0.39, 0.29) is 28.1 Å². The van der Waals surface area contributed by atoms with Gasteiger partial charge >= 0.3 is 0 Å². The molecule has 0 aliphatic heterocycles. The third-order valence-electron chi connectivity index (χ3n) is 14.1. The molecule has 0 fully saturated rings. The summed E-state index contributed by atoms with van der Waals surface area (Å²) < 4.78 is 156. The smallest absolute Gasteiger partial charge is 0.136 e. The second kappa shape index (κ2) is 14.5. The van der Waals surface area contributed by atoms with Crippen LogP contribution in [0.25, 0.3) is 98.8 Å². The Hall–Kier alpha value is -8.98. The van der Waals surface area contributed by atoms with E-state index in [0.717, 1.165) is 66.1 Å². The SMILES string of the molecule is [2H]c1cc(-c2c([2H])c([2H])c3c([2H])c([2H])c([2H])c([2H])c3c2-c2c([2H])c([2H])c([2H])c3oc4c([2H])c([2H])c([2H])c([2H])c4c23)c([2H])c([2H])c1N(c1ccc2c(c1)C1(c3ccccc3-c3ccccc31)c1ccccc1-2)c1cc2ccccc2c2ccccc12. The van der Waals surface area contributed by atoms with E-state index in [9.17, 15) is 9.60 Å². The highest BCUT2D eigenvalue weighted by molar-refractivity contribution is 6.18. The van der Waals surface area contributed by atoms with Crippen LogP contribution < -0.4 is 4.90 Å². The zero-order valence-electron chi connectivity index (χ0n) is 52.3. The van der Waals surface area contributed by atoms with E-state index < -0.39 is 135 Å². The van der Waals surface area contributed by atoms with Crippen molar-refractivity contribution < 1.29 is 26.3 Å². The molecule has 0 saturated carbocycles. The molecule has 15 rings (SSSR count). The summed E-state index contributed by atoms with van der Waals surface area (Å²) in [6.45, 7) is 0. The summed E-state index contributed by atoms with van der Waals surface area (Å²) in [6, 6.07) is 39.4. The summed E-state index contributed by atoms with van der Waals surface area (Å²) in [4.78, 5) is 1.82. The maximum atomic E-state index is 10.4. The van der Waals surface area contributed by atoms with E-state index >= 15 is 0 Å². The molecule has 0 radical (unpaired) electrons. The van der Waals surface area contributed by atoms with Gasteiger partial charge in [-0.25, -0.2) is 0 Å². The maximum Gasteiger partial charge on any atom is 0.136 e. The van der Waals surface area contributed by atoms with Crippen molar-refractivity contribution in [1.29, 1.82) is 0 Å². The van der Waals surface area contributed by atoms with Gasteiger partial charge in [0.2, 0.25) is 0 Å². The van der Waals surface area contributed by atoms with Gasteiger partial charge in [0.15, 0.2) is 0 Å². The molecule has 2 aliphatic rings. The Morgan fingerprint density at radius 2 is 1.00 bits per heavy atom. The lowest BCUT2D eigenvalue weighted by atomic mass is 9.70. The Labute approximate surface area is 422 Å². The number of hydrogen-bond acceptors (Lipinski definition) is 2. The van der Waals surface area contributed by atoms with Crippen molar-refractivity contribution in [3.05, 3.63) is 271 Å². The third kappa shape index (κ3) is 5.31. The number of benzene rings is 12. The summed E-state index contributed by atoms with van der Waals surface area (Å²) in [5.74, 6) is 0. The summed E-state index contributed by atoms with van der Waals surface area (Å²) in [5.41, 5.74) is 6.09. The molecule has 0 unspecified atom stereocenters. The zero-order valence-corrected chi connectivity index (χ0v) is 36.3. The van der Waals surface area contributed by atoms with E-state index in [1.54, 1.807) is 0 Å². The van der Waals surface area contributed by atoms with Gasteiger partial charge in [-0.3, -0.25) is 0 Å².